The van der Waals surface area contributed by atoms with Crippen LogP contribution in [0, 0.1) is 10.1 Å². The molecule has 3 aromatic carbocycles. The van der Waals surface area contributed by atoms with Gasteiger partial charge in [-0.1, -0.05) is 48.0 Å². The minimum atomic E-state index is -0.523. The van der Waals surface area contributed by atoms with Crippen LogP contribution in [0.1, 0.15) is 11.1 Å². The van der Waals surface area contributed by atoms with Crippen LogP contribution in [0.3, 0.4) is 0 Å². The van der Waals surface area contributed by atoms with Gasteiger partial charge in [0, 0.05) is 24.3 Å². The molecular formula is C22H15ClN2O4. The number of ether oxygens (including phenoxy) is 1. The molecule has 1 aliphatic heterocycles. The molecule has 1 heterocycles. The maximum absolute atomic E-state index is 12.6. The monoisotopic (exact) mass is 406 g/mol. The zero-order valence-electron chi connectivity index (χ0n) is 15.3. The lowest BCUT2D eigenvalue weighted by molar-refractivity contribution is -0.385. The third kappa shape index (κ3) is 3.46. The molecule has 1 aliphatic rings. The molecule has 0 saturated heterocycles. The van der Waals surface area contributed by atoms with Crippen molar-refractivity contribution < 1.29 is 14.5 Å². The second kappa shape index (κ2) is 7.41. The van der Waals surface area contributed by atoms with E-state index >= 15 is 0 Å². The molecule has 0 bridgehead atoms. The first-order valence-corrected chi connectivity index (χ1v) is 9.13. The summed E-state index contributed by atoms with van der Waals surface area (Å²) >= 11 is 6.08. The van der Waals surface area contributed by atoms with Crippen molar-refractivity contribution in [3.63, 3.8) is 0 Å². The lowest BCUT2D eigenvalue weighted by Crippen LogP contribution is -2.20. The average molecular weight is 407 g/mol. The highest BCUT2D eigenvalue weighted by Gasteiger charge is 2.29. The molecule has 1 amide bonds. The Bertz CT molecular complexity index is 1170. The number of nitrogens with zero attached hydrogens (tertiary/aromatic N) is 2. The minimum Gasteiger partial charge on any atom is -0.449 e. The number of para-hydroxylation sites is 2. The number of hydrogen-bond donors (Lipinski definition) is 0. The number of likely N-dealkylation sites (N-methyl/N-ethyl adjacent to an activating group) is 1. The molecule has 0 aliphatic carbocycles. The molecule has 0 fully saturated rings. The third-order valence-corrected chi connectivity index (χ3v) is 4.95. The van der Waals surface area contributed by atoms with E-state index in [4.69, 9.17) is 16.3 Å². The summed E-state index contributed by atoms with van der Waals surface area (Å²) in [5.41, 5.74) is 2.39. The molecule has 3 aromatic rings. The first kappa shape index (κ1) is 18.7. The van der Waals surface area contributed by atoms with Crippen LogP contribution in [-0.2, 0) is 4.79 Å². The number of amides is 1. The van der Waals surface area contributed by atoms with Gasteiger partial charge in [-0.05, 0) is 35.9 Å². The summed E-state index contributed by atoms with van der Waals surface area (Å²) < 4.78 is 5.65. The molecule has 7 heteroatoms. The fraction of sp³-hybridized carbons (Fsp3) is 0.0455. The Morgan fingerprint density at radius 1 is 1.03 bits per heavy atom. The van der Waals surface area contributed by atoms with Crippen molar-refractivity contribution in [3.05, 3.63) is 93.0 Å². The van der Waals surface area contributed by atoms with E-state index in [-0.39, 0.29) is 17.3 Å². The van der Waals surface area contributed by atoms with E-state index in [0.29, 0.717) is 21.9 Å². The van der Waals surface area contributed by atoms with Gasteiger partial charge in [0.15, 0.2) is 0 Å². The molecule has 0 unspecified atom stereocenters. The topological polar surface area (TPSA) is 72.7 Å². The largest absolute Gasteiger partial charge is 0.449 e. The van der Waals surface area contributed by atoms with Gasteiger partial charge >= 0.3 is 5.69 Å². The van der Waals surface area contributed by atoms with Gasteiger partial charge in [-0.25, -0.2) is 0 Å². The Balaban J connectivity index is 1.74. The third-order valence-electron chi connectivity index (χ3n) is 4.64. The first-order valence-electron chi connectivity index (χ1n) is 8.75. The zero-order valence-corrected chi connectivity index (χ0v) is 16.1. The fourth-order valence-electron chi connectivity index (χ4n) is 3.20. The highest BCUT2D eigenvalue weighted by atomic mass is 35.5. The molecule has 0 aromatic heterocycles. The number of anilines is 1. The second-order valence-corrected chi connectivity index (χ2v) is 6.86. The fourth-order valence-corrected chi connectivity index (χ4v) is 3.38. The zero-order chi connectivity index (χ0) is 20.5. The number of halogens is 1. The molecule has 29 heavy (non-hydrogen) atoms. The van der Waals surface area contributed by atoms with Crippen LogP contribution in [0.4, 0.5) is 11.4 Å². The molecule has 0 spiro atoms. The Morgan fingerprint density at radius 2 is 1.76 bits per heavy atom. The Kier molecular flexibility index (Phi) is 4.78. The van der Waals surface area contributed by atoms with Crippen molar-refractivity contribution >= 4 is 40.5 Å². The van der Waals surface area contributed by atoms with E-state index in [0.717, 1.165) is 11.3 Å². The normalized spacial score (nSPS) is 14.2. The van der Waals surface area contributed by atoms with Gasteiger partial charge in [0.05, 0.1) is 15.6 Å². The number of fused-ring (bicyclic) bond motifs is 1. The van der Waals surface area contributed by atoms with Gasteiger partial charge in [0.2, 0.25) is 5.75 Å². The van der Waals surface area contributed by atoms with Gasteiger partial charge in [0.25, 0.3) is 5.91 Å². The number of hydrogen-bond acceptors (Lipinski definition) is 4. The summed E-state index contributed by atoms with van der Waals surface area (Å²) in [5.74, 6) is 0.232. The number of carbonyl (C=O) groups excluding carboxylic acids is 1. The highest BCUT2D eigenvalue weighted by molar-refractivity contribution is 6.35. The van der Waals surface area contributed by atoms with Crippen LogP contribution < -0.4 is 9.64 Å². The Labute approximate surface area is 171 Å². The lowest BCUT2D eigenvalue weighted by atomic mass is 10.0. The number of carbonyl (C=O) groups is 1. The van der Waals surface area contributed by atoms with Crippen molar-refractivity contribution in [1.82, 2.24) is 0 Å². The van der Waals surface area contributed by atoms with Crippen LogP contribution in [0.15, 0.2) is 66.7 Å². The van der Waals surface area contributed by atoms with Gasteiger partial charge in [-0.3, -0.25) is 14.9 Å². The molecule has 0 radical (unpaired) electrons. The van der Waals surface area contributed by atoms with E-state index in [1.54, 1.807) is 48.4 Å². The Hall–Kier alpha value is -3.64. The van der Waals surface area contributed by atoms with Gasteiger partial charge in [-0.2, -0.15) is 0 Å². The van der Waals surface area contributed by atoms with E-state index in [2.05, 4.69) is 0 Å². The standard InChI is InChI=1S/C22H15ClN2O4/c1-24-18-8-4-2-6-15(18)16(22(24)26)12-14-10-11-21(19(13-14)25(27)28)29-20-9-5-3-7-17(20)23/h2-13H,1H3/b16-12-. The van der Waals surface area contributed by atoms with Crippen molar-refractivity contribution in [1.29, 1.82) is 0 Å². The molecule has 4 rings (SSSR count). The van der Waals surface area contributed by atoms with Crippen LogP contribution in [0.25, 0.3) is 11.6 Å². The molecule has 0 atom stereocenters. The van der Waals surface area contributed by atoms with Crippen LogP contribution in [-0.4, -0.2) is 17.9 Å². The van der Waals surface area contributed by atoms with Crippen molar-refractivity contribution in [2.24, 2.45) is 0 Å². The van der Waals surface area contributed by atoms with Gasteiger partial charge in [-0.15, -0.1) is 0 Å². The van der Waals surface area contributed by atoms with E-state index in [1.807, 2.05) is 24.3 Å². The van der Waals surface area contributed by atoms with Crippen molar-refractivity contribution in [3.8, 4) is 11.5 Å². The number of nitro groups is 1. The van der Waals surface area contributed by atoms with E-state index in [1.165, 1.54) is 12.1 Å². The van der Waals surface area contributed by atoms with Crippen molar-refractivity contribution in [2.45, 2.75) is 0 Å². The smallest absolute Gasteiger partial charge is 0.312 e. The Morgan fingerprint density at radius 3 is 2.52 bits per heavy atom. The van der Waals surface area contributed by atoms with Crippen molar-refractivity contribution in [2.75, 3.05) is 11.9 Å². The summed E-state index contributed by atoms with van der Waals surface area (Å²) in [5, 5.41) is 11.9. The van der Waals surface area contributed by atoms with Crippen LogP contribution in [0.5, 0.6) is 11.5 Å². The first-order chi connectivity index (χ1) is 14.0. The average Bonchev–Trinajstić information content (AvgIpc) is 2.96. The molecular weight excluding hydrogens is 392 g/mol. The van der Waals surface area contributed by atoms with Crippen LogP contribution >= 0.6 is 11.6 Å². The van der Waals surface area contributed by atoms with E-state index < -0.39 is 4.92 Å². The number of rotatable bonds is 4. The summed E-state index contributed by atoms with van der Waals surface area (Å²) in [7, 11) is 1.70. The lowest BCUT2D eigenvalue weighted by Gasteiger charge is -2.09. The SMILES string of the molecule is CN1C(=O)/C(=C\c2ccc(Oc3ccccc3Cl)c([N+](=O)[O-])c2)c2ccccc21. The minimum absolute atomic E-state index is 0.0699. The summed E-state index contributed by atoms with van der Waals surface area (Å²) in [6, 6.07) is 18.7. The quantitative estimate of drug-likeness (QED) is 0.323. The van der Waals surface area contributed by atoms with Gasteiger partial charge < -0.3 is 9.64 Å². The molecule has 144 valence electrons. The maximum Gasteiger partial charge on any atom is 0.312 e. The summed E-state index contributed by atoms with van der Waals surface area (Å²) in [6.45, 7) is 0. The predicted molar refractivity (Wildman–Crippen MR) is 112 cm³/mol. The number of benzene rings is 3. The molecule has 6 nitrogen and oxygen atoms in total. The highest BCUT2D eigenvalue weighted by Crippen LogP contribution is 2.39. The summed E-state index contributed by atoms with van der Waals surface area (Å²) in [4.78, 5) is 25.3. The number of nitro benzene ring substituents is 1. The second-order valence-electron chi connectivity index (χ2n) is 6.46. The molecule has 0 saturated carbocycles. The molecule has 0 N–H and O–H groups in total. The van der Waals surface area contributed by atoms with Crippen LogP contribution in [0.2, 0.25) is 5.02 Å². The summed E-state index contributed by atoms with van der Waals surface area (Å²) in [6.07, 6.45) is 1.65. The van der Waals surface area contributed by atoms with Gasteiger partial charge in [0.1, 0.15) is 5.75 Å². The maximum atomic E-state index is 12.6. The van der Waals surface area contributed by atoms with E-state index in [9.17, 15) is 14.9 Å². The predicted octanol–water partition coefficient (Wildman–Crippen LogP) is 5.56.